The van der Waals surface area contributed by atoms with Gasteiger partial charge in [-0.15, -0.1) is 0 Å². The number of hydrogen-bond donors (Lipinski definition) is 1. The number of furan rings is 1. The minimum atomic E-state index is 0.484. The van der Waals surface area contributed by atoms with Crippen molar-refractivity contribution in [2.24, 2.45) is 11.7 Å². The second kappa shape index (κ2) is 6.95. The van der Waals surface area contributed by atoms with Gasteiger partial charge in [0.1, 0.15) is 5.76 Å². The SMILES string of the molecule is CN(Cc1ccco1)C(CN)CC1CCCCC1. The first-order valence-corrected chi connectivity index (χ1v) is 7.22. The van der Waals surface area contributed by atoms with Crippen LogP contribution in [0, 0.1) is 5.92 Å². The molecule has 1 unspecified atom stereocenters. The molecular formula is C15H26N2O. The van der Waals surface area contributed by atoms with Crippen LogP contribution in [0.3, 0.4) is 0 Å². The molecule has 0 bridgehead atoms. The summed E-state index contributed by atoms with van der Waals surface area (Å²) >= 11 is 0. The number of nitrogens with two attached hydrogens (primary N) is 1. The minimum absolute atomic E-state index is 0.484. The van der Waals surface area contributed by atoms with Crippen LogP contribution in [0.1, 0.15) is 44.3 Å². The van der Waals surface area contributed by atoms with Crippen LogP contribution < -0.4 is 5.73 Å². The molecule has 1 aliphatic carbocycles. The fourth-order valence-electron chi connectivity index (χ4n) is 3.04. The number of hydrogen-bond acceptors (Lipinski definition) is 3. The third-order valence-corrected chi connectivity index (χ3v) is 4.21. The molecule has 0 radical (unpaired) electrons. The van der Waals surface area contributed by atoms with E-state index in [1.54, 1.807) is 6.26 Å². The summed E-state index contributed by atoms with van der Waals surface area (Å²) in [4.78, 5) is 2.34. The van der Waals surface area contributed by atoms with Crippen LogP contribution in [0.4, 0.5) is 0 Å². The van der Waals surface area contributed by atoms with E-state index in [1.807, 2.05) is 12.1 Å². The summed E-state index contributed by atoms with van der Waals surface area (Å²) in [5, 5.41) is 0. The maximum atomic E-state index is 5.95. The summed E-state index contributed by atoms with van der Waals surface area (Å²) in [5.41, 5.74) is 5.95. The van der Waals surface area contributed by atoms with Gasteiger partial charge in [-0.25, -0.2) is 0 Å². The molecule has 1 aromatic heterocycles. The van der Waals surface area contributed by atoms with Crippen LogP contribution in [0.15, 0.2) is 22.8 Å². The molecule has 2 N–H and O–H groups in total. The molecular weight excluding hydrogens is 224 g/mol. The standard InChI is InChI=1S/C15H26N2O/c1-17(12-15-8-5-9-18-15)14(11-16)10-13-6-3-2-4-7-13/h5,8-9,13-14H,2-4,6-7,10-12,16H2,1H3. The predicted octanol–water partition coefficient (Wildman–Crippen LogP) is 3.01. The molecule has 1 aliphatic rings. The van der Waals surface area contributed by atoms with Gasteiger partial charge in [-0.3, -0.25) is 4.90 Å². The Labute approximate surface area is 110 Å². The van der Waals surface area contributed by atoms with Crippen molar-refractivity contribution in [2.45, 2.75) is 51.1 Å². The zero-order chi connectivity index (χ0) is 12.8. The van der Waals surface area contributed by atoms with Crippen molar-refractivity contribution in [3.63, 3.8) is 0 Å². The molecule has 0 aromatic carbocycles. The number of likely N-dealkylation sites (N-methyl/N-ethyl adjacent to an activating group) is 1. The Hall–Kier alpha value is -0.800. The lowest BCUT2D eigenvalue weighted by Gasteiger charge is -2.31. The molecule has 0 saturated heterocycles. The molecule has 1 fully saturated rings. The monoisotopic (exact) mass is 250 g/mol. The van der Waals surface area contributed by atoms with Gasteiger partial charge in [-0.1, -0.05) is 32.1 Å². The lowest BCUT2D eigenvalue weighted by atomic mass is 9.84. The average Bonchev–Trinajstić information content (AvgIpc) is 2.90. The van der Waals surface area contributed by atoms with Gasteiger partial charge in [0, 0.05) is 12.6 Å². The lowest BCUT2D eigenvalue weighted by Crippen LogP contribution is -2.39. The summed E-state index contributed by atoms with van der Waals surface area (Å²) in [6.45, 7) is 1.61. The summed E-state index contributed by atoms with van der Waals surface area (Å²) in [6, 6.07) is 4.46. The first-order valence-electron chi connectivity index (χ1n) is 7.22. The third-order valence-electron chi connectivity index (χ3n) is 4.21. The first kappa shape index (κ1) is 13.6. The molecule has 1 atom stereocenters. The highest BCUT2D eigenvalue weighted by atomic mass is 16.3. The van der Waals surface area contributed by atoms with E-state index < -0.39 is 0 Å². The normalized spacial score (nSPS) is 19.3. The van der Waals surface area contributed by atoms with Gasteiger partial charge in [0.2, 0.25) is 0 Å². The van der Waals surface area contributed by atoms with Gasteiger partial charge in [-0.05, 0) is 31.5 Å². The van der Waals surface area contributed by atoms with Crippen LogP contribution in [0.5, 0.6) is 0 Å². The van der Waals surface area contributed by atoms with E-state index in [4.69, 9.17) is 10.2 Å². The summed E-state index contributed by atoms with van der Waals surface area (Å²) in [7, 11) is 2.16. The fourth-order valence-corrected chi connectivity index (χ4v) is 3.04. The molecule has 3 nitrogen and oxygen atoms in total. The van der Waals surface area contributed by atoms with Crippen molar-refractivity contribution in [1.29, 1.82) is 0 Å². The van der Waals surface area contributed by atoms with E-state index in [0.717, 1.165) is 24.8 Å². The van der Waals surface area contributed by atoms with E-state index in [-0.39, 0.29) is 0 Å². The minimum Gasteiger partial charge on any atom is -0.468 e. The Bertz CT molecular complexity index is 317. The highest BCUT2D eigenvalue weighted by Crippen LogP contribution is 2.28. The van der Waals surface area contributed by atoms with Crippen LogP contribution >= 0.6 is 0 Å². The molecule has 2 rings (SSSR count). The highest BCUT2D eigenvalue weighted by molar-refractivity contribution is 4.98. The fraction of sp³-hybridized carbons (Fsp3) is 0.733. The van der Waals surface area contributed by atoms with Crippen LogP contribution in [0.2, 0.25) is 0 Å². The Morgan fingerprint density at radius 3 is 2.78 bits per heavy atom. The Kier molecular flexibility index (Phi) is 5.26. The van der Waals surface area contributed by atoms with Crippen LogP contribution in [-0.4, -0.2) is 24.5 Å². The van der Waals surface area contributed by atoms with Crippen molar-refractivity contribution in [1.82, 2.24) is 4.90 Å². The molecule has 1 saturated carbocycles. The van der Waals surface area contributed by atoms with Gasteiger partial charge < -0.3 is 10.2 Å². The quantitative estimate of drug-likeness (QED) is 0.844. The first-order chi connectivity index (χ1) is 8.79. The lowest BCUT2D eigenvalue weighted by molar-refractivity contribution is 0.175. The van der Waals surface area contributed by atoms with E-state index in [1.165, 1.54) is 38.5 Å². The second-order valence-electron chi connectivity index (χ2n) is 5.62. The predicted molar refractivity (Wildman–Crippen MR) is 74.2 cm³/mol. The van der Waals surface area contributed by atoms with Gasteiger partial charge in [0.05, 0.1) is 12.8 Å². The summed E-state index contributed by atoms with van der Waals surface area (Å²) < 4.78 is 5.41. The molecule has 0 amide bonds. The highest BCUT2D eigenvalue weighted by Gasteiger charge is 2.21. The van der Waals surface area contributed by atoms with E-state index in [0.29, 0.717) is 6.04 Å². The van der Waals surface area contributed by atoms with Crippen molar-refractivity contribution in [2.75, 3.05) is 13.6 Å². The summed E-state index contributed by atoms with van der Waals surface area (Å²) in [6.07, 6.45) is 10.0. The molecule has 1 heterocycles. The van der Waals surface area contributed by atoms with Gasteiger partial charge in [0.25, 0.3) is 0 Å². The van der Waals surface area contributed by atoms with Crippen LogP contribution in [-0.2, 0) is 6.54 Å². The zero-order valence-corrected chi connectivity index (χ0v) is 11.5. The second-order valence-corrected chi connectivity index (χ2v) is 5.62. The van der Waals surface area contributed by atoms with Gasteiger partial charge in [0.15, 0.2) is 0 Å². The van der Waals surface area contributed by atoms with Gasteiger partial charge in [-0.2, -0.15) is 0 Å². The molecule has 0 spiro atoms. The Morgan fingerprint density at radius 1 is 1.39 bits per heavy atom. The van der Waals surface area contributed by atoms with Gasteiger partial charge >= 0.3 is 0 Å². The smallest absolute Gasteiger partial charge is 0.117 e. The van der Waals surface area contributed by atoms with Crippen LogP contribution in [0.25, 0.3) is 0 Å². The topological polar surface area (TPSA) is 42.4 Å². The van der Waals surface area contributed by atoms with Crippen molar-refractivity contribution >= 4 is 0 Å². The maximum Gasteiger partial charge on any atom is 0.117 e. The summed E-state index contributed by atoms with van der Waals surface area (Å²) in [5.74, 6) is 1.91. The molecule has 1 aromatic rings. The van der Waals surface area contributed by atoms with E-state index in [2.05, 4.69) is 11.9 Å². The zero-order valence-electron chi connectivity index (χ0n) is 11.5. The van der Waals surface area contributed by atoms with Crippen molar-refractivity contribution < 1.29 is 4.42 Å². The molecule has 3 heteroatoms. The maximum absolute atomic E-state index is 5.95. The molecule has 18 heavy (non-hydrogen) atoms. The molecule has 0 aliphatic heterocycles. The Balaban J connectivity index is 1.82. The van der Waals surface area contributed by atoms with E-state index >= 15 is 0 Å². The Morgan fingerprint density at radius 2 is 2.17 bits per heavy atom. The average molecular weight is 250 g/mol. The third kappa shape index (κ3) is 3.85. The van der Waals surface area contributed by atoms with E-state index in [9.17, 15) is 0 Å². The number of rotatable bonds is 6. The largest absolute Gasteiger partial charge is 0.468 e. The van der Waals surface area contributed by atoms with Crippen molar-refractivity contribution in [3.8, 4) is 0 Å². The molecule has 102 valence electrons. The van der Waals surface area contributed by atoms with Crippen molar-refractivity contribution in [3.05, 3.63) is 24.2 Å². The number of nitrogens with zero attached hydrogens (tertiary/aromatic N) is 1.